The van der Waals surface area contributed by atoms with Crippen molar-refractivity contribution in [1.29, 1.82) is 0 Å². The van der Waals surface area contributed by atoms with Gasteiger partial charge in [0.2, 0.25) is 0 Å². The molecule has 0 aliphatic heterocycles. The van der Waals surface area contributed by atoms with E-state index in [1.54, 1.807) is 0 Å². The van der Waals surface area contributed by atoms with Crippen LogP contribution in [0.5, 0.6) is 0 Å². The van der Waals surface area contributed by atoms with Gasteiger partial charge in [-0.3, -0.25) is 9.59 Å². The second-order valence-electron chi connectivity index (χ2n) is 5.80. The lowest BCUT2D eigenvalue weighted by Crippen LogP contribution is -2.29. The van der Waals surface area contributed by atoms with Crippen LogP contribution in [-0.4, -0.2) is 23.5 Å². The minimum atomic E-state index is -0.834. The van der Waals surface area contributed by atoms with E-state index in [9.17, 15) is 14.0 Å². The Morgan fingerprint density at radius 1 is 1.33 bits per heavy atom. The minimum Gasteiger partial charge on any atom is -0.481 e. The van der Waals surface area contributed by atoms with Crippen molar-refractivity contribution in [2.24, 2.45) is 5.41 Å². The number of halogens is 1. The number of carbonyl (C=O) groups excluding carboxylic acids is 1. The van der Waals surface area contributed by atoms with Gasteiger partial charge in [0.1, 0.15) is 5.82 Å². The summed E-state index contributed by atoms with van der Waals surface area (Å²) < 4.78 is 13.1. The van der Waals surface area contributed by atoms with Crippen LogP contribution < -0.4 is 11.1 Å². The number of anilines is 1. The second kappa shape index (κ2) is 7.06. The Balaban J connectivity index is 2.50. The lowest BCUT2D eigenvalue weighted by atomic mass is 9.84. The van der Waals surface area contributed by atoms with E-state index in [-0.39, 0.29) is 23.1 Å². The maximum Gasteiger partial charge on any atom is 0.303 e. The summed E-state index contributed by atoms with van der Waals surface area (Å²) in [5.74, 6) is -1.78. The summed E-state index contributed by atoms with van der Waals surface area (Å²) in [6.45, 7) is 4.26. The van der Waals surface area contributed by atoms with Gasteiger partial charge in [0, 0.05) is 18.7 Å². The van der Waals surface area contributed by atoms with E-state index in [0.717, 1.165) is 6.07 Å². The van der Waals surface area contributed by atoms with Crippen LogP contribution >= 0.6 is 0 Å². The number of nitrogens with two attached hydrogens (primary N) is 1. The average molecular weight is 296 g/mol. The van der Waals surface area contributed by atoms with E-state index in [0.29, 0.717) is 19.4 Å². The summed E-state index contributed by atoms with van der Waals surface area (Å²) in [6, 6.07) is 3.64. The molecule has 0 atom stereocenters. The molecule has 1 rings (SSSR count). The van der Waals surface area contributed by atoms with Gasteiger partial charge in [-0.25, -0.2) is 4.39 Å². The molecule has 0 fully saturated rings. The van der Waals surface area contributed by atoms with Crippen molar-refractivity contribution in [3.05, 3.63) is 29.6 Å². The molecular weight excluding hydrogens is 275 g/mol. The molecule has 0 saturated carbocycles. The van der Waals surface area contributed by atoms with E-state index < -0.39 is 17.7 Å². The lowest BCUT2D eigenvalue weighted by molar-refractivity contribution is -0.137. The molecule has 0 unspecified atom stereocenters. The zero-order valence-corrected chi connectivity index (χ0v) is 12.3. The van der Waals surface area contributed by atoms with Crippen molar-refractivity contribution in [3.8, 4) is 0 Å². The van der Waals surface area contributed by atoms with Gasteiger partial charge in [0.25, 0.3) is 5.91 Å². The van der Waals surface area contributed by atoms with Crippen LogP contribution in [0.1, 0.15) is 43.5 Å². The fraction of sp³-hybridized carbons (Fsp3) is 0.467. The summed E-state index contributed by atoms with van der Waals surface area (Å²) in [6.07, 6.45) is 1.25. The predicted molar refractivity (Wildman–Crippen MR) is 78.4 cm³/mol. The quantitative estimate of drug-likeness (QED) is 0.674. The molecule has 5 nitrogen and oxygen atoms in total. The molecule has 0 heterocycles. The van der Waals surface area contributed by atoms with Crippen molar-refractivity contribution < 1.29 is 19.1 Å². The van der Waals surface area contributed by atoms with E-state index in [1.165, 1.54) is 12.1 Å². The van der Waals surface area contributed by atoms with Crippen LogP contribution in [0.25, 0.3) is 0 Å². The number of aliphatic carboxylic acids is 1. The van der Waals surface area contributed by atoms with Gasteiger partial charge in [-0.1, -0.05) is 13.8 Å². The molecule has 116 valence electrons. The smallest absolute Gasteiger partial charge is 0.303 e. The molecule has 1 aromatic carbocycles. The molecule has 0 saturated heterocycles. The van der Waals surface area contributed by atoms with E-state index in [4.69, 9.17) is 10.8 Å². The summed E-state index contributed by atoms with van der Waals surface area (Å²) >= 11 is 0. The Morgan fingerprint density at radius 2 is 2.00 bits per heavy atom. The summed E-state index contributed by atoms with van der Waals surface area (Å²) in [5.41, 5.74) is 5.77. The summed E-state index contributed by atoms with van der Waals surface area (Å²) in [4.78, 5) is 22.5. The number of hydrogen-bond donors (Lipinski definition) is 3. The number of benzene rings is 1. The SMILES string of the molecule is CC(C)(CCNC(=O)c1cc(F)ccc1N)CCC(=O)O. The maximum atomic E-state index is 13.1. The fourth-order valence-corrected chi connectivity index (χ4v) is 1.91. The molecule has 0 aliphatic rings. The van der Waals surface area contributed by atoms with Crippen LogP contribution in [0, 0.1) is 11.2 Å². The topological polar surface area (TPSA) is 92.4 Å². The first-order chi connectivity index (χ1) is 9.71. The van der Waals surface area contributed by atoms with Crippen molar-refractivity contribution in [2.45, 2.75) is 33.1 Å². The predicted octanol–water partition coefficient (Wildman–Crippen LogP) is 2.42. The standard InChI is InChI=1S/C15H21FN2O3/c1-15(2,6-5-13(19)20)7-8-18-14(21)11-9-10(16)3-4-12(11)17/h3-4,9H,5-8,17H2,1-2H3,(H,18,21)(H,19,20). The first-order valence-corrected chi connectivity index (χ1v) is 6.76. The second-order valence-corrected chi connectivity index (χ2v) is 5.80. The van der Waals surface area contributed by atoms with Crippen molar-refractivity contribution >= 4 is 17.6 Å². The number of hydrogen-bond acceptors (Lipinski definition) is 3. The number of carboxylic acid groups (broad SMARTS) is 1. The molecule has 0 radical (unpaired) electrons. The third-order valence-electron chi connectivity index (χ3n) is 3.36. The van der Waals surface area contributed by atoms with E-state index in [1.807, 2.05) is 13.8 Å². The van der Waals surface area contributed by atoms with Crippen molar-refractivity contribution in [3.63, 3.8) is 0 Å². The van der Waals surface area contributed by atoms with Crippen molar-refractivity contribution in [1.82, 2.24) is 5.32 Å². The van der Waals surface area contributed by atoms with E-state index in [2.05, 4.69) is 5.32 Å². The zero-order valence-electron chi connectivity index (χ0n) is 12.3. The largest absolute Gasteiger partial charge is 0.481 e. The first kappa shape index (κ1) is 16.9. The Labute approximate surface area is 123 Å². The molecule has 4 N–H and O–H groups in total. The first-order valence-electron chi connectivity index (χ1n) is 6.76. The number of amides is 1. The number of carboxylic acids is 1. The molecule has 0 aliphatic carbocycles. The Hall–Kier alpha value is -2.11. The molecule has 1 amide bonds. The number of nitrogen functional groups attached to an aromatic ring is 1. The Morgan fingerprint density at radius 3 is 2.62 bits per heavy atom. The Kier molecular flexibility index (Phi) is 5.69. The fourth-order valence-electron chi connectivity index (χ4n) is 1.91. The van der Waals surface area contributed by atoms with Crippen LogP contribution in [0.2, 0.25) is 0 Å². The van der Waals surface area contributed by atoms with Crippen LogP contribution in [0.4, 0.5) is 10.1 Å². The van der Waals surface area contributed by atoms with Crippen LogP contribution in [-0.2, 0) is 4.79 Å². The molecule has 0 aromatic heterocycles. The number of nitrogens with one attached hydrogen (secondary N) is 1. The number of carbonyl (C=O) groups is 2. The highest BCUT2D eigenvalue weighted by molar-refractivity contribution is 5.99. The number of rotatable bonds is 7. The van der Waals surface area contributed by atoms with Gasteiger partial charge in [-0.2, -0.15) is 0 Å². The highest BCUT2D eigenvalue weighted by Gasteiger charge is 2.19. The molecule has 0 spiro atoms. The minimum absolute atomic E-state index is 0.0950. The molecule has 6 heteroatoms. The van der Waals surface area contributed by atoms with Crippen molar-refractivity contribution in [2.75, 3.05) is 12.3 Å². The van der Waals surface area contributed by atoms with Crippen LogP contribution in [0.15, 0.2) is 18.2 Å². The normalized spacial score (nSPS) is 11.2. The van der Waals surface area contributed by atoms with Crippen LogP contribution in [0.3, 0.4) is 0 Å². The third-order valence-corrected chi connectivity index (χ3v) is 3.36. The molecule has 21 heavy (non-hydrogen) atoms. The van der Waals surface area contributed by atoms with Gasteiger partial charge < -0.3 is 16.2 Å². The highest BCUT2D eigenvalue weighted by Crippen LogP contribution is 2.26. The zero-order chi connectivity index (χ0) is 16.0. The molecule has 1 aromatic rings. The maximum absolute atomic E-state index is 13.1. The van der Waals surface area contributed by atoms with E-state index >= 15 is 0 Å². The summed E-state index contributed by atoms with van der Waals surface area (Å²) in [5, 5.41) is 11.4. The van der Waals surface area contributed by atoms with Gasteiger partial charge in [0.05, 0.1) is 5.56 Å². The molecule has 0 bridgehead atoms. The molecular formula is C15H21FN2O3. The van der Waals surface area contributed by atoms with Gasteiger partial charge >= 0.3 is 5.97 Å². The third kappa shape index (κ3) is 5.81. The lowest BCUT2D eigenvalue weighted by Gasteiger charge is -2.23. The monoisotopic (exact) mass is 296 g/mol. The Bertz CT molecular complexity index is 530. The highest BCUT2D eigenvalue weighted by atomic mass is 19.1. The summed E-state index contributed by atoms with van der Waals surface area (Å²) in [7, 11) is 0. The van der Waals surface area contributed by atoms with Gasteiger partial charge in [-0.05, 0) is 36.5 Å². The van der Waals surface area contributed by atoms with Gasteiger partial charge in [0.15, 0.2) is 0 Å². The van der Waals surface area contributed by atoms with Gasteiger partial charge in [-0.15, -0.1) is 0 Å². The average Bonchev–Trinajstić information content (AvgIpc) is 2.39.